The SMILES string of the molecule is Cc1ncsc1-c1ccc([C@@H](C)NC(=O)[C@@H]2CCCN2C(=O)[C@@H](NC(=O)COCCCCCNc2ccc(C(N)=O)cc2)C(C)(C)C)cc1. The monoisotopic (exact) mass is 690 g/mol. The van der Waals surface area contributed by atoms with Crippen molar-refractivity contribution in [1.82, 2.24) is 20.5 Å². The normalized spacial score (nSPS) is 15.8. The van der Waals surface area contributed by atoms with E-state index in [4.69, 9.17) is 10.5 Å². The first kappa shape index (κ1) is 37.5. The number of thiazole rings is 1. The summed E-state index contributed by atoms with van der Waals surface area (Å²) in [5.74, 6) is -1.26. The number of likely N-dealkylation sites (tertiary alicyclic amines) is 1. The minimum absolute atomic E-state index is 0.146. The predicted octanol–water partition coefficient (Wildman–Crippen LogP) is 5.22. The summed E-state index contributed by atoms with van der Waals surface area (Å²) >= 11 is 1.60. The number of nitrogens with zero attached hydrogens (tertiary/aromatic N) is 2. The van der Waals surface area contributed by atoms with Gasteiger partial charge >= 0.3 is 0 Å². The first-order chi connectivity index (χ1) is 23.3. The van der Waals surface area contributed by atoms with Gasteiger partial charge in [0, 0.05) is 30.9 Å². The summed E-state index contributed by atoms with van der Waals surface area (Å²) in [4.78, 5) is 58.5. The number of unbranched alkanes of at least 4 members (excludes halogenated alkanes) is 2. The molecule has 1 aliphatic heterocycles. The van der Waals surface area contributed by atoms with Gasteiger partial charge in [-0.3, -0.25) is 19.2 Å². The topological polar surface area (TPSA) is 156 Å². The summed E-state index contributed by atoms with van der Waals surface area (Å²) in [5.41, 5.74) is 11.0. The Kier molecular flexibility index (Phi) is 13.3. The van der Waals surface area contributed by atoms with Gasteiger partial charge in [0.15, 0.2) is 0 Å². The molecule has 0 spiro atoms. The molecule has 1 fully saturated rings. The minimum Gasteiger partial charge on any atom is -0.385 e. The standard InChI is InChI=1S/C37H50N6O5S/c1-24(26-11-13-27(14-12-26)32-25(2)40-23-49-32)41-35(46)30-10-9-20-43(30)36(47)33(37(3,4)5)42-31(44)22-48-21-8-6-7-19-39-29-17-15-28(16-18-29)34(38)45/h11-18,23-24,30,33,39H,6-10,19-22H2,1-5H3,(H2,38,45)(H,41,46)(H,42,44)/t24-,30+,33-/m1/s1. The maximum atomic E-state index is 13.9. The van der Waals surface area contributed by atoms with Crippen molar-refractivity contribution >= 4 is 40.7 Å². The molecule has 3 aromatic rings. The highest BCUT2D eigenvalue weighted by Crippen LogP contribution is 2.29. The lowest BCUT2D eigenvalue weighted by molar-refractivity contribution is -0.144. The van der Waals surface area contributed by atoms with Crippen molar-refractivity contribution in [2.75, 3.05) is 31.6 Å². The molecule has 2 heterocycles. The van der Waals surface area contributed by atoms with Gasteiger partial charge in [-0.1, -0.05) is 45.0 Å². The average molecular weight is 691 g/mol. The van der Waals surface area contributed by atoms with Crippen LogP contribution in [0.3, 0.4) is 0 Å². The fourth-order valence-corrected chi connectivity index (χ4v) is 6.68. The second-order valence-corrected chi connectivity index (χ2v) is 14.5. The number of ether oxygens (including phenoxy) is 1. The van der Waals surface area contributed by atoms with E-state index < -0.39 is 23.4 Å². The highest BCUT2D eigenvalue weighted by atomic mass is 32.1. The third-order valence-corrected chi connectivity index (χ3v) is 9.71. The van der Waals surface area contributed by atoms with Gasteiger partial charge < -0.3 is 31.3 Å². The lowest BCUT2D eigenvalue weighted by Gasteiger charge is -2.35. The average Bonchev–Trinajstić information content (AvgIpc) is 3.74. The quantitative estimate of drug-likeness (QED) is 0.150. The third kappa shape index (κ3) is 10.6. The van der Waals surface area contributed by atoms with Crippen molar-refractivity contribution in [2.45, 2.75) is 84.8 Å². The number of primary amides is 1. The largest absolute Gasteiger partial charge is 0.385 e. The molecule has 5 N–H and O–H groups in total. The predicted molar refractivity (Wildman–Crippen MR) is 193 cm³/mol. The number of benzene rings is 2. The van der Waals surface area contributed by atoms with Crippen LogP contribution in [0.15, 0.2) is 54.0 Å². The van der Waals surface area contributed by atoms with Gasteiger partial charge in [0.25, 0.3) is 0 Å². The van der Waals surface area contributed by atoms with Gasteiger partial charge in [-0.05, 0) is 86.8 Å². The fourth-order valence-electron chi connectivity index (χ4n) is 5.87. The van der Waals surface area contributed by atoms with E-state index in [0.717, 1.165) is 53.2 Å². The molecule has 12 heteroatoms. The molecule has 11 nitrogen and oxygen atoms in total. The van der Waals surface area contributed by atoms with Crippen LogP contribution in [0.5, 0.6) is 0 Å². The van der Waals surface area contributed by atoms with E-state index in [1.165, 1.54) is 0 Å². The van der Waals surface area contributed by atoms with Gasteiger partial charge in [-0.15, -0.1) is 11.3 Å². The van der Waals surface area contributed by atoms with Crippen LogP contribution in [0, 0.1) is 12.3 Å². The number of nitrogens with one attached hydrogen (secondary N) is 3. The molecular formula is C37H50N6O5S. The Morgan fingerprint density at radius 2 is 1.73 bits per heavy atom. The third-order valence-electron chi connectivity index (χ3n) is 8.73. The van der Waals surface area contributed by atoms with Crippen LogP contribution in [0.1, 0.15) is 87.5 Å². The Morgan fingerprint density at radius 3 is 2.37 bits per heavy atom. The van der Waals surface area contributed by atoms with Crippen molar-refractivity contribution in [2.24, 2.45) is 11.1 Å². The van der Waals surface area contributed by atoms with Crippen LogP contribution in [0.25, 0.3) is 10.4 Å². The number of amides is 4. The molecule has 0 radical (unpaired) electrons. The fraction of sp³-hybridized carbons (Fsp3) is 0.486. The lowest BCUT2D eigenvalue weighted by atomic mass is 9.85. The van der Waals surface area contributed by atoms with Gasteiger partial charge in [0.1, 0.15) is 18.7 Å². The minimum atomic E-state index is -0.805. The maximum absolute atomic E-state index is 13.9. The number of carbonyl (C=O) groups excluding carboxylic acids is 4. The Bertz CT molecular complexity index is 1570. The van der Waals surface area contributed by atoms with Crippen molar-refractivity contribution < 1.29 is 23.9 Å². The van der Waals surface area contributed by atoms with Crippen molar-refractivity contribution in [1.29, 1.82) is 0 Å². The summed E-state index contributed by atoms with van der Waals surface area (Å²) < 4.78 is 5.63. The zero-order valence-corrected chi connectivity index (χ0v) is 30.0. The molecule has 3 atom stereocenters. The Morgan fingerprint density at radius 1 is 1.02 bits per heavy atom. The van der Waals surface area contributed by atoms with E-state index in [-0.39, 0.29) is 30.4 Å². The van der Waals surface area contributed by atoms with Gasteiger partial charge in [-0.2, -0.15) is 0 Å². The first-order valence-corrected chi connectivity index (χ1v) is 17.8. The van der Waals surface area contributed by atoms with E-state index >= 15 is 0 Å². The molecule has 1 aliphatic rings. The summed E-state index contributed by atoms with van der Waals surface area (Å²) in [6.07, 6.45) is 3.89. The summed E-state index contributed by atoms with van der Waals surface area (Å²) in [7, 11) is 0. The number of rotatable bonds is 16. The zero-order valence-electron chi connectivity index (χ0n) is 29.2. The van der Waals surface area contributed by atoms with E-state index in [1.807, 2.05) is 76.5 Å². The molecule has 1 saturated heterocycles. The number of anilines is 1. The second kappa shape index (κ2) is 17.4. The molecule has 4 rings (SSSR count). The summed E-state index contributed by atoms with van der Waals surface area (Å²) in [5, 5.41) is 9.30. The molecule has 264 valence electrons. The van der Waals surface area contributed by atoms with Crippen LogP contribution in [-0.4, -0.2) is 71.9 Å². The molecule has 1 aromatic heterocycles. The van der Waals surface area contributed by atoms with E-state index in [2.05, 4.69) is 20.9 Å². The maximum Gasteiger partial charge on any atom is 0.248 e. The Balaban J connectivity index is 1.21. The molecule has 49 heavy (non-hydrogen) atoms. The molecule has 0 unspecified atom stereocenters. The van der Waals surface area contributed by atoms with Crippen LogP contribution in [0.4, 0.5) is 5.69 Å². The van der Waals surface area contributed by atoms with Gasteiger partial charge in [-0.25, -0.2) is 4.98 Å². The summed E-state index contributed by atoms with van der Waals surface area (Å²) in [6.45, 7) is 11.1. The number of aromatic nitrogens is 1. The number of nitrogens with two attached hydrogens (primary N) is 1. The van der Waals surface area contributed by atoms with E-state index in [1.54, 1.807) is 28.4 Å². The van der Waals surface area contributed by atoms with Crippen molar-refractivity contribution in [3.8, 4) is 10.4 Å². The van der Waals surface area contributed by atoms with Crippen molar-refractivity contribution in [3.05, 3.63) is 70.9 Å². The molecule has 2 aromatic carbocycles. The van der Waals surface area contributed by atoms with E-state index in [9.17, 15) is 19.2 Å². The highest BCUT2D eigenvalue weighted by Gasteiger charge is 2.42. The summed E-state index contributed by atoms with van der Waals surface area (Å²) in [6, 6.07) is 13.5. The van der Waals surface area contributed by atoms with Crippen LogP contribution < -0.4 is 21.7 Å². The zero-order chi connectivity index (χ0) is 35.6. The Labute approximate surface area is 293 Å². The van der Waals surface area contributed by atoms with Crippen LogP contribution in [-0.2, 0) is 19.1 Å². The number of hydrogen-bond acceptors (Lipinski definition) is 8. The van der Waals surface area contributed by atoms with Crippen molar-refractivity contribution in [3.63, 3.8) is 0 Å². The highest BCUT2D eigenvalue weighted by molar-refractivity contribution is 7.13. The number of carbonyl (C=O) groups is 4. The number of aryl methyl sites for hydroxylation is 1. The van der Waals surface area contributed by atoms with Gasteiger partial charge in [0.05, 0.1) is 22.1 Å². The van der Waals surface area contributed by atoms with Crippen LogP contribution in [0.2, 0.25) is 0 Å². The molecule has 0 aliphatic carbocycles. The molecule has 0 saturated carbocycles. The first-order valence-electron chi connectivity index (χ1n) is 17.0. The van der Waals surface area contributed by atoms with E-state index in [0.29, 0.717) is 31.6 Å². The number of hydrogen-bond donors (Lipinski definition) is 4. The molecule has 4 amide bonds. The Hall–Kier alpha value is -4.29. The van der Waals surface area contributed by atoms with Crippen LogP contribution >= 0.6 is 11.3 Å². The van der Waals surface area contributed by atoms with Gasteiger partial charge in [0.2, 0.25) is 23.6 Å². The smallest absolute Gasteiger partial charge is 0.248 e. The molecule has 0 bridgehead atoms. The molecular weight excluding hydrogens is 641 g/mol. The second-order valence-electron chi connectivity index (χ2n) is 13.7. The lowest BCUT2D eigenvalue weighted by Crippen LogP contribution is -2.58.